The molecular weight excluding hydrogens is 392 g/mol. The summed E-state index contributed by atoms with van der Waals surface area (Å²) in [5, 5.41) is 6.17. The van der Waals surface area contributed by atoms with Gasteiger partial charge in [0.15, 0.2) is 0 Å². The molecule has 1 aromatic carbocycles. The van der Waals surface area contributed by atoms with Gasteiger partial charge in [0.2, 0.25) is 0 Å². The molecule has 8 heteroatoms. The van der Waals surface area contributed by atoms with Crippen LogP contribution in [0.4, 0.5) is 15.3 Å². The van der Waals surface area contributed by atoms with E-state index in [2.05, 4.69) is 15.5 Å². The molecule has 1 aromatic rings. The molecule has 0 radical (unpaired) electrons. The van der Waals surface area contributed by atoms with Gasteiger partial charge in [-0.05, 0) is 64.9 Å². The molecule has 0 atom stereocenters. The van der Waals surface area contributed by atoms with Crippen molar-refractivity contribution >= 4 is 29.4 Å². The van der Waals surface area contributed by atoms with Gasteiger partial charge >= 0.3 is 12.1 Å². The van der Waals surface area contributed by atoms with Crippen molar-refractivity contribution in [2.75, 3.05) is 44.6 Å². The van der Waals surface area contributed by atoms with Crippen LogP contribution in [0.1, 0.15) is 40.0 Å². The van der Waals surface area contributed by atoms with Crippen molar-refractivity contribution in [2.45, 2.75) is 45.6 Å². The Kier molecular flexibility index (Phi) is 9.04. The van der Waals surface area contributed by atoms with E-state index in [1.54, 1.807) is 29.2 Å². The molecule has 1 saturated heterocycles. The zero-order chi connectivity index (χ0) is 21.3. The number of nitrogens with one attached hydrogen (secondary N) is 2. The Morgan fingerprint density at radius 1 is 1.17 bits per heavy atom. The van der Waals surface area contributed by atoms with Crippen LogP contribution in [0.3, 0.4) is 0 Å². The summed E-state index contributed by atoms with van der Waals surface area (Å²) in [5.41, 5.74) is 0.0905. The van der Waals surface area contributed by atoms with Crippen LogP contribution in [0, 0.1) is 0 Å². The normalized spacial score (nSPS) is 14.9. The third-order valence-corrected chi connectivity index (χ3v) is 4.78. The largest absolute Gasteiger partial charge is 0.444 e. The lowest BCUT2D eigenvalue weighted by Crippen LogP contribution is -2.45. The molecule has 0 aromatic heterocycles. The molecule has 3 amide bonds. The number of benzene rings is 1. The van der Waals surface area contributed by atoms with Crippen LogP contribution < -0.4 is 10.6 Å². The molecule has 2 rings (SSSR count). The van der Waals surface area contributed by atoms with Crippen molar-refractivity contribution in [1.29, 1.82) is 0 Å². The van der Waals surface area contributed by atoms with Gasteiger partial charge in [0.1, 0.15) is 5.60 Å². The van der Waals surface area contributed by atoms with Crippen LogP contribution in [0.25, 0.3) is 0 Å². The molecule has 0 spiro atoms. The molecule has 0 bridgehead atoms. The minimum absolute atomic E-state index is 0.213. The van der Waals surface area contributed by atoms with Gasteiger partial charge < -0.3 is 25.2 Å². The average molecular weight is 425 g/mol. The van der Waals surface area contributed by atoms with Gasteiger partial charge in [-0.2, -0.15) is 0 Å². The van der Waals surface area contributed by atoms with Gasteiger partial charge in [-0.3, -0.25) is 0 Å². The number of anilines is 1. The van der Waals surface area contributed by atoms with E-state index in [1.165, 1.54) is 19.3 Å². The summed E-state index contributed by atoms with van der Waals surface area (Å²) in [6.45, 7) is 9.69. The highest BCUT2D eigenvalue weighted by Gasteiger charge is 2.19. The molecule has 2 N–H and O–H groups in total. The van der Waals surface area contributed by atoms with Gasteiger partial charge in [0.25, 0.3) is 0 Å². The summed E-state index contributed by atoms with van der Waals surface area (Å²) in [5.74, 6) is 0. The number of hydrogen-bond donors (Lipinski definition) is 2. The second kappa shape index (κ2) is 11.3. The zero-order valence-corrected chi connectivity index (χ0v) is 18.4. The van der Waals surface area contributed by atoms with E-state index in [0.29, 0.717) is 30.3 Å². The first-order valence-corrected chi connectivity index (χ1v) is 10.6. The number of carbonyl (C=O) groups is 2. The molecular formula is C21H33ClN4O3. The number of alkyl carbamates (subject to hydrolysis) is 1. The first kappa shape index (κ1) is 23.3. The number of amides is 3. The maximum absolute atomic E-state index is 12.8. The fraction of sp³-hybridized carbons (Fsp3) is 0.619. The molecule has 1 heterocycles. The predicted molar refractivity (Wildman–Crippen MR) is 117 cm³/mol. The first-order chi connectivity index (χ1) is 13.7. The van der Waals surface area contributed by atoms with E-state index < -0.39 is 11.7 Å². The topological polar surface area (TPSA) is 73.9 Å². The summed E-state index contributed by atoms with van der Waals surface area (Å²) in [6.07, 6.45) is 3.20. The lowest BCUT2D eigenvalue weighted by atomic mass is 10.1. The van der Waals surface area contributed by atoms with E-state index in [9.17, 15) is 9.59 Å². The standard InChI is InChI=1S/C21H33ClN4O3/c1-21(2,3)29-20(28)23-10-13-26(15-14-25-11-5-4-6-12-25)19(27)24-18-9-7-8-17(22)16-18/h7-9,16H,4-6,10-15H2,1-3H3,(H,23,28)(H,24,27). The zero-order valence-electron chi connectivity index (χ0n) is 17.7. The van der Waals surface area contributed by atoms with Gasteiger partial charge in [-0.25, -0.2) is 9.59 Å². The second-order valence-electron chi connectivity index (χ2n) is 8.26. The number of ether oxygens (including phenoxy) is 1. The number of piperidine rings is 1. The molecule has 29 heavy (non-hydrogen) atoms. The van der Waals surface area contributed by atoms with Crippen molar-refractivity contribution in [3.8, 4) is 0 Å². The number of carbonyl (C=O) groups excluding carboxylic acids is 2. The van der Waals surface area contributed by atoms with Crippen LogP contribution in [-0.4, -0.2) is 66.8 Å². The van der Waals surface area contributed by atoms with Crippen molar-refractivity contribution in [3.63, 3.8) is 0 Å². The molecule has 1 aliphatic heterocycles. The molecule has 0 aliphatic carbocycles. The van der Waals surface area contributed by atoms with Crippen LogP contribution >= 0.6 is 11.6 Å². The van der Waals surface area contributed by atoms with Crippen LogP contribution in [0.15, 0.2) is 24.3 Å². The van der Waals surface area contributed by atoms with Gasteiger partial charge in [-0.1, -0.05) is 24.1 Å². The van der Waals surface area contributed by atoms with E-state index in [-0.39, 0.29) is 6.03 Å². The Hall–Kier alpha value is -1.99. The monoisotopic (exact) mass is 424 g/mol. The fourth-order valence-electron chi connectivity index (χ4n) is 3.14. The summed E-state index contributed by atoms with van der Waals surface area (Å²) < 4.78 is 5.25. The number of halogens is 1. The predicted octanol–water partition coefficient (Wildman–Crippen LogP) is 4.18. The number of likely N-dealkylation sites (tertiary alicyclic amines) is 1. The SMILES string of the molecule is CC(C)(C)OC(=O)NCCN(CCN1CCCCC1)C(=O)Nc1cccc(Cl)c1. The Morgan fingerprint density at radius 2 is 1.90 bits per heavy atom. The van der Waals surface area contributed by atoms with Crippen molar-refractivity contribution in [2.24, 2.45) is 0 Å². The number of nitrogens with zero attached hydrogens (tertiary/aromatic N) is 2. The van der Waals surface area contributed by atoms with Crippen molar-refractivity contribution < 1.29 is 14.3 Å². The van der Waals surface area contributed by atoms with E-state index in [0.717, 1.165) is 19.6 Å². The summed E-state index contributed by atoms with van der Waals surface area (Å²) in [7, 11) is 0. The van der Waals surface area contributed by atoms with Gasteiger partial charge in [-0.15, -0.1) is 0 Å². The number of rotatable bonds is 7. The highest BCUT2D eigenvalue weighted by Crippen LogP contribution is 2.15. The number of urea groups is 1. The molecule has 7 nitrogen and oxygen atoms in total. The molecule has 0 saturated carbocycles. The molecule has 162 valence electrons. The Labute approximate surface area is 178 Å². The minimum atomic E-state index is -0.554. The van der Waals surface area contributed by atoms with Crippen molar-refractivity contribution in [3.05, 3.63) is 29.3 Å². The maximum atomic E-state index is 12.8. The third kappa shape index (κ3) is 9.37. The lowest BCUT2D eigenvalue weighted by molar-refractivity contribution is 0.0523. The quantitative estimate of drug-likeness (QED) is 0.688. The summed E-state index contributed by atoms with van der Waals surface area (Å²) in [6, 6.07) is 6.85. The van der Waals surface area contributed by atoms with E-state index in [1.807, 2.05) is 20.8 Å². The Morgan fingerprint density at radius 3 is 2.55 bits per heavy atom. The average Bonchev–Trinajstić information content (AvgIpc) is 2.63. The molecule has 0 unspecified atom stereocenters. The van der Waals surface area contributed by atoms with Crippen LogP contribution in [0.5, 0.6) is 0 Å². The highest BCUT2D eigenvalue weighted by atomic mass is 35.5. The minimum Gasteiger partial charge on any atom is -0.444 e. The van der Waals surface area contributed by atoms with Gasteiger partial charge in [0, 0.05) is 36.9 Å². The maximum Gasteiger partial charge on any atom is 0.407 e. The van der Waals surface area contributed by atoms with Gasteiger partial charge in [0.05, 0.1) is 0 Å². The number of hydrogen-bond acceptors (Lipinski definition) is 4. The Bertz CT molecular complexity index is 672. The first-order valence-electron chi connectivity index (χ1n) is 10.2. The highest BCUT2D eigenvalue weighted by molar-refractivity contribution is 6.30. The van der Waals surface area contributed by atoms with Crippen LogP contribution in [-0.2, 0) is 4.74 Å². The van der Waals surface area contributed by atoms with Crippen LogP contribution in [0.2, 0.25) is 5.02 Å². The van der Waals surface area contributed by atoms with E-state index in [4.69, 9.17) is 16.3 Å². The third-order valence-electron chi connectivity index (χ3n) is 4.55. The fourth-order valence-corrected chi connectivity index (χ4v) is 3.33. The van der Waals surface area contributed by atoms with E-state index >= 15 is 0 Å². The molecule has 1 fully saturated rings. The molecule has 1 aliphatic rings. The summed E-state index contributed by atoms with van der Waals surface area (Å²) >= 11 is 6.01. The lowest BCUT2D eigenvalue weighted by Gasteiger charge is -2.30. The second-order valence-corrected chi connectivity index (χ2v) is 8.69. The van der Waals surface area contributed by atoms with Crippen molar-refractivity contribution in [1.82, 2.24) is 15.1 Å². The summed E-state index contributed by atoms with van der Waals surface area (Å²) in [4.78, 5) is 28.8. The Balaban J connectivity index is 1.90. The smallest absolute Gasteiger partial charge is 0.407 e.